The lowest BCUT2D eigenvalue weighted by Crippen LogP contribution is -2.35. The molecule has 1 nitrogen and oxygen atoms in total. The van der Waals surface area contributed by atoms with Crippen LogP contribution in [0.3, 0.4) is 0 Å². The lowest BCUT2D eigenvalue weighted by atomic mass is 9.71. The molecule has 1 aliphatic carbocycles. The van der Waals surface area contributed by atoms with Crippen molar-refractivity contribution in [2.24, 2.45) is 11.8 Å². The van der Waals surface area contributed by atoms with Crippen molar-refractivity contribution in [3.8, 4) is 0 Å². The Bertz CT molecular complexity index is 78.4. The molecular weight excluding hydrogens is 100 g/mol. The molecule has 0 N–H and O–H groups in total. The number of ether oxygens (including phenoxy) is 1. The second-order valence-electron chi connectivity index (χ2n) is 2.96. The Morgan fingerprint density at radius 1 is 1.00 bits per heavy atom. The normalized spacial score (nSPS) is 45.0. The van der Waals surface area contributed by atoms with Gasteiger partial charge in [-0.2, -0.15) is 0 Å². The maximum Gasteiger partial charge on any atom is 0.0496 e. The highest BCUT2D eigenvalue weighted by Crippen LogP contribution is 2.39. The quantitative estimate of drug-likeness (QED) is 0.460. The minimum absolute atomic E-state index is 0.962. The number of fused-ring (bicyclic) bond motifs is 1. The molecule has 1 saturated carbocycles. The van der Waals surface area contributed by atoms with Crippen molar-refractivity contribution in [3.05, 3.63) is 0 Å². The summed E-state index contributed by atoms with van der Waals surface area (Å²) in [5.74, 6) is 2.02. The zero-order chi connectivity index (χ0) is 5.40. The maximum absolute atomic E-state index is 5.30. The summed E-state index contributed by atoms with van der Waals surface area (Å²) in [6, 6.07) is 0. The second kappa shape index (κ2) is 1.73. The standard InChI is InChI=1S/C7H12O/c1-2-7-5-8-4-3-6(1)7/h6-7H,1-5H2. The molecule has 1 saturated heterocycles. The Hall–Kier alpha value is -0.0400. The van der Waals surface area contributed by atoms with Crippen molar-refractivity contribution < 1.29 is 4.74 Å². The van der Waals surface area contributed by atoms with Gasteiger partial charge < -0.3 is 4.74 Å². The fraction of sp³-hybridized carbons (Fsp3) is 1.00. The molecule has 2 rings (SSSR count). The van der Waals surface area contributed by atoms with Gasteiger partial charge in [0.05, 0.1) is 0 Å². The Balaban J connectivity index is 1.92. The van der Waals surface area contributed by atoms with Crippen molar-refractivity contribution in [2.45, 2.75) is 19.3 Å². The molecule has 0 aromatic carbocycles. The topological polar surface area (TPSA) is 9.23 Å². The largest absolute Gasteiger partial charge is 0.381 e. The number of hydrogen-bond acceptors (Lipinski definition) is 1. The average Bonchev–Trinajstić information content (AvgIpc) is 1.72. The molecule has 2 aliphatic rings. The second-order valence-corrected chi connectivity index (χ2v) is 2.96. The summed E-state index contributed by atoms with van der Waals surface area (Å²) in [7, 11) is 0. The first kappa shape index (κ1) is 4.80. The molecule has 0 spiro atoms. The summed E-state index contributed by atoms with van der Waals surface area (Å²) < 4.78 is 5.30. The van der Waals surface area contributed by atoms with Crippen LogP contribution in [-0.4, -0.2) is 13.2 Å². The van der Waals surface area contributed by atoms with E-state index in [1.807, 2.05) is 0 Å². The summed E-state index contributed by atoms with van der Waals surface area (Å²) in [5.41, 5.74) is 0. The van der Waals surface area contributed by atoms with Gasteiger partial charge in [0.1, 0.15) is 0 Å². The molecule has 0 aromatic rings. The highest BCUT2D eigenvalue weighted by molar-refractivity contribution is 4.82. The van der Waals surface area contributed by atoms with Crippen LogP contribution in [0.4, 0.5) is 0 Å². The summed E-state index contributed by atoms with van der Waals surface area (Å²) in [6.45, 7) is 2.09. The third-order valence-electron chi connectivity index (χ3n) is 2.54. The SMILES string of the molecule is C1CC2CCC2CO1. The molecular formula is C7H12O. The molecule has 8 heavy (non-hydrogen) atoms. The van der Waals surface area contributed by atoms with Gasteiger partial charge in [-0.25, -0.2) is 0 Å². The van der Waals surface area contributed by atoms with Gasteiger partial charge in [0, 0.05) is 13.2 Å². The Morgan fingerprint density at radius 2 is 1.88 bits per heavy atom. The highest BCUT2D eigenvalue weighted by atomic mass is 16.5. The van der Waals surface area contributed by atoms with E-state index in [2.05, 4.69) is 0 Å². The monoisotopic (exact) mass is 112 g/mol. The Kier molecular flexibility index (Phi) is 1.04. The summed E-state index contributed by atoms with van der Waals surface area (Å²) >= 11 is 0. The van der Waals surface area contributed by atoms with Crippen molar-refractivity contribution in [1.29, 1.82) is 0 Å². The Morgan fingerprint density at radius 3 is 2.25 bits per heavy atom. The maximum atomic E-state index is 5.30. The van der Waals surface area contributed by atoms with Crippen LogP contribution in [0.2, 0.25) is 0 Å². The fourth-order valence-corrected chi connectivity index (χ4v) is 1.71. The van der Waals surface area contributed by atoms with E-state index >= 15 is 0 Å². The van der Waals surface area contributed by atoms with E-state index in [-0.39, 0.29) is 0 Å². The zero-order valence-corrected chi connectivity index (χ0v) is 5.10. The number of rotatable bonds is 0. The molecule has 0 aromatic heterocycles. The van der Waals surface area contributed by atoms with Crippen LogP contribution in [0.25, 0.3) is 0 Å². The van der Waals surface area contributed by atoms with Gasteiger partial charge in [0.25, 0.3) is 0 Å². The third kappa shape index (κ3) is 0.576. The van der Waals surface area contributed by atoms with Crippen LogP contribution in [0.5, 0.6) is 0 Å². The first-order valence-corrected chi connectivity index (χ1v) is 3.54. The molecule has 0 radical (unpaired) electrons. The van der Waals surface area contributed by atoms with Gasteiger partial charge in [-0.3, -0.25) is 0 Å². The molecule has 2 fully saturated rings. The summed E-state index contributed by atoms with van der Waals surface area (Å²) in [5, 5.41) is 0. The van der Waals surface area contributed by atoms with E-state index in [0.29, 0.717) is 0 Å². The van der Waals surface area contributed by atoms with Crippen LogP contribution in [0.15, 0.2) is 0 Å². The Labute approximate surface area is 50.0 Å². The lowest BCUT2D eigenvalue weighted by Gasteiger charge is -2.40. The smallest absolute Gasteiger partial charge is 0.0496 e. The fourth-order valence-electron chi connectivity index (χ4n) is 1.71. The lowest BCUT2D eigenvalue weighted by molar-refractivity contribution is -0.0319. The van der Waals surface area contributed by atoms with Crippen LogP contribution < -0.4 is 0 Å². The predicted octanol–water partition coefficient (Wildman–Crippen LogP) is 1.43. The van der Waals surface area contributed by atoms with E-state index in [1.165, 1.54) is 19.3 Å². The molecule has 1 heteroatoms. The van der Waals surface area contributed by atoms with Crippen LogP contribution >= 0.6 is 0 Å². The van der Waals surface area contributed by atoms with Crippen molar-refractivity contribution >= 4 is 0 Å². The summed E-state index contributed by atoms with van der Waals surface area (Å²) in [4.78, 5) is 0. The predicted molar refractivity (Wildman–Crippen MR) is 31.6 cm³/mol. The van der Waals surface area contributed by atoms with E-state index in [9.17, 15) is 0 Å². The third-order valence-corrected chi connectivity index (χ3v) is 2.54. The van der Waals surface area contributed by atoms with E-state index in [1.54, 1.807) is 0 Å². The highest BCUT2D eigenvalue weighted by Gasteiger charge is 2.32. The minimum Gasteiger partial charge on any atom is -0.381 e. The average molecular weight is 112 g/mol. The van der Waals surface area contributed by atoms with Gasteiger partial charge >= 0.3 is 0 Å². The van der Waals surface area contributed by atoms with Crippen LogP contribution in [-0.2, 0) is 4.74 Å². The zero-order valence-electron chi connectivity index (χ0n) is 5.10. The van der Waals surface area contributed by atoms with Gasteiger partial charge in [-0.1, -0.05) is 0 Å². The van der Waals surface area contributed by atoms with Gasteiger partial charge in [-0.15, -0.1) is 0 Å². The van der Waals surface area contributed by atoms with E-state index < -0.39 is 0 Å². The van der Waals surface area contributed by atoms with Gasteiger partial charge in [-0.05, 0) is 31.1 Å². The first-order valence-electron chi connectivity index (χ1n) is 3.54. The van der Waals surface area contributed by atoms with Crippen LogP contribution in [0, 0.1) is 11.8 Å². The molecule has 46 valence electrons. The molecule has 0 amide bonds. The molecule has 1 heterocycles. The molecule has 2 atom stereocenters. The van der Waals surface area contributed by atoms with Crippen molar-refractivity contribution in [3.63, 3.8) is 0 Å². The van der Waals surface area contributed by atoms with Crippen molar-refractivity contribution in [1.82, 2.24) is 0 Å². The van der Waals surface area contributed by atoms with Gasteiger partial charge in [0.15, 0.2) is 0 Å². The molecule has 1 aliphatic heterocycles. The minimum atomic E-state index is 0.962. The summed E-state index contributed by atoms with van der Waals surface area (Å²) in [6.07, 6.45) is 4.25. The first-order chi connectivity index (χ1) is 3.97. The van der Waals surface area contributed by atoms with E-state index in [0.717, 1.165) is 25.0 Å². The molecule has 0 bridgehead atoms. The van der Waals surface area contributed by atoms with Crippen LogP contribution in [0.1, 0.15) is 19.3 Å². The number of hydrogen-bond donors (Lipinski definition) is 0. The van der Waals surface area contributed by atoms with Gasteiger partial charge in [0.2, 0.25) is 0 Å². The van der Waals surface area contributed by atoms with E-state index in [4.69, 9.17) is 4.74 Å². The van der Waals surface area contributed by atoms with Crippen molar-refractivity contribution in [2.75, 3.05) is 13.2 Å². The molecule has 2 unspecified atom stereocenters.